The summed E-state index contributed by atoms with van der Waals surface area (Å²) in [6, 6.07) is -0.829. The Balaban J connectivity index is 2.13. The number of nitrogens with one attached hydrogen (secondary N) is 1. The first-order valence-electron chi connectivity index (χ1n) is 6.55. The minimum atomic E-state index is -0.891. The Labute approximate surface area is 107 Å². The number of carbonyl (C=O) groups excluding carboxylic acids is 1. The molecule has 3 unspecified atom stereocenters. The molecule has 100 valence electrons. The fraction of sp³-hybridized carbons (Fsp3) is 0.692. The highest BCUT2D eigenvalue weighted by molar-refractivity contribution is 5.83. The van der Waals surface area contributed by atoms with E-state index >= 15 is 0 Å². The lowest BCUT2D eigenvalue weighted by atomic mass is 9.85. The average Bonchev–Trinajstić information content (AvgIpc) is 2.75. The highest BCUT2D eigenvalue weighted by atomic mass is 16.4. The van der Waals surface area contributed by atoms with Gasteiger partial charge in [-0.15, -0.1) is 6.58 Å². The predicted octanol–water partition coefficient (Wildman–Crippen LogP) is 1.60. The van der Waals surface area contributed by atoms with Gasteiger partial charge in [-0.1, -0.05) is 18.9 Å². The van der Waals surface area contributed by atoms with Gasteiger partial charge in [-0.3, -0.25) is 0 Å². The standard InChI is InChI=1S/C13H20N2O3/c1-2-7-14-13(18)15-10-6-4-3-5-9(10)8-11(15)12(16)17/h2,9-11H,1,3-8H2,(H,14,18)(H,16,17). The van der Waals surface area contributed by atoms with Gasteiger partial charge >= 0.3 is 12.0 Å². The number of carboxylic acid groups (broad SMARTS) is 1. The zero-order chi connectivity index (χ0) is 13.1. The zero-order valence-electron chi connectivity index (χ0n) is 10.5. The van der Waals surface area contributed by atoms with Crippen molar-refractivity contribution in [3.63, 3.8) is 0 Å². The molecule has 1 aliphatic heterocycles. The molecule has 0 aromatic carbocycles. The molecule has 0 spiro atoms. The van der Waals surface area contributed by atoms with Crippen molar-refractivity contribution >= 4 is 12.0 Å². The van der Waals surface area contributed by atoms with E-state index in [0.29, 0.717) is 18.9 Å². The van der Waals surface area contributed by atoms with Crippen LogP contribution >= 0.6 is 0 Å². The van der Waals surface area contributed by atoms with Gasteiger partial charge in [0.1, 0.15) is 6.04 Å². The topological polar surface area (TPSA) is 69.6 Å². The number of carbonyl (C=O) groups is 2. The summed E-state index contributed by atoms with van der Waals surface area (Å²) in [5, 5.41) is 12.0. The van der Waals surface area contributed by atoms with Crippen molar-refractivity contribution in [2.24, 2.45) is 5.92 Å². The Morgan fingerprint density at radius 2 is 2.11 bits per heavy atom. The molecule has 0 aromatic heterocycles. The van der Waals surface area contributed by atoms with Gasteiger partial charge in [-0.05, 0) is 25.2 Å². The first-order chi connectivity index (χ1) is 8.65. The van der Waals surface area contributed by atoms with Crippen LogP contribution in [0.15, 0.2) is 12.7 Å². The van der Waals surface area contributed by atoms with Crippen LogP contribution in [0.1, 0.15) is 32.1 Å². The minimum Gasteiger partial charge on any atom is -0.480 e. The molecule has 2 aliphatic rings. The number of rotatable bonds is 3. The molecule has 2 fully saturated rings. The van der Waals surface area contributed by atoms with E-state index in [1.807, 2.05) is 0 Å². The van der Waals surface area contributed by atoms with Gasteiger partial charge in [0, 0.05) is 12.6 Å². The number of fused-ring (bicyclic) bond motifs is 1. The maximum atomic E-state index is 12.1. The van der Waals surface area contributed by atoms with E-state index < -0.39 is 12.0 Å². The summed E-state index contributed by atoms with van der Waals surface area (Å²) in [7, 11) is 0. The molecule has 1 saturated heterocycles. The molecule has 5 nitrogen and oxygen atoms in total. The number of urea groups is 1. The molecule has 2 amide bonds. The SMILES string of the molecule is C=CCNC(=O)N1C(C(=O)O)CC2CCCCC21. The van der Waals surface area contributed by atoms with Gasteiger partial charge in [0.2, 0.25) is 0 Å². The van der Waals surface area contributed by atoms with Crippen molar-refractivity contribution in [3.8, 4) is 0 Å². The summed E-state index contributed by atoms with van der Waals surface area (Å²) in [6.45, 7) is 3.92. The van der Waals surface area contributed by atoms with Crippen LogP contribution in [-0.2, 0) is 4.79 Å². The van der Waals surface area contributed by atoms with Crippen LogP contribution in [-0.4, -0.2) is 40.6 Å². The second-order valence-electron chi connectivity index (χ2n) is 5.08. The first kappa shape index (κ1) is 12.9. The normalized spacial score (nSPS) is 30.7. The second-order valence-corrected chi connectivity index (χ2v) is 5.08. The summed E-state index contributed by atoms with van der Waals surface area (Å²) < 4.78 is 0. The van der Waals surface area contributed by atoms with E-state index in [4.69, 9.17) is 0 Å². The van der Waals surface area contributed by atoms with Gasteiger partial charge in [0.05, 0.1) is 0 Å². The minimum absolute atomic E-state index is 0.102. The number of hydrogen-bond donors (Lipinski definition) is 2. The average molecular weight is 252 g/mol. The van der Waals surface area contributed by atoms with Gasteiger partial charge in [-0.25, -0.2) is 9.59 Å². The van der Waals surface area contributed by atoms with Crippen LogP contribution < -0.4 is 5.32 Å². The largest absolute Gasteiger partial charge is 0.480 e. The molecule has 1 heterocycles. The lowest BCUT2D eigenvalue weighted by Crippen LogP contribution is -2.50. The van der Waals surface area contributed by atoms with E-state index in [-0.39, 0.29) is 12.1 Å². The van der Waals surface area contributed by atoms with E-state index in [1.54, 1.807) is 11.0 Å². The molecule has 2 rings (SSSR count). The number of amides is 2. The van der Waals surface area contributed by atoms with E-state index in [9.17, 15) is 14.7 Å². The summed E-state index contributed by atoms with van der Waals surface area (Å²) in [4.78, 5) is 24.9. The van der Waals surface area contributed by atoms with Crippen LogP contribution in [0.4, 0.5) is 4.79 Å². The third-order valence-corrected chi connectivity index (χ3v) is 4.01. The Bertz CT molecular complexity index is 356. The summed E-state index contributed by atoms with van der Waals surface area (Å²) in [6.07, 6.45) is 6.40. The van der Waals surface area contributed by atoms with Crippen molar-refractivity contribution in [1.82, 2.24) is 10.2 Å². The Morgan fingerprint density at radius 3 is 2.78 bits per heavy atom. The van der Waals surface area contributed by atoms with Crippen LogP contribution in [0.5, 0.6) is 0 Å². The molecule has 1 saturated carbocycles. The number of carboxylic acids is 1. The molecule has 1 aliphatic carbocycles. The summed E-state index contributed by atoms with van der Waals surface area (Å²) in [5.41, 5.74) is 0. The van der Waals surface area contributed by atoms with E-state index in [1.165, 1.54) is 0 Å². The van der Waals surface area contributed by atoms with Gasteiger partial charge < -0.3 is 15.3 Å². The molecule has 0 aromatic rings. The molecule has 0 radical (unpaired) electrons. The summed E-state index contributed by atoms with van der Waals surface area (Å²) >= 11 is 0. The summed E-state index contributed by atoms with van der Waals surface area (Å²) in [5.74, 6) is -0.535. The maximum Gasteiger partial charge on any atom is 0.326 e. The highest BCUT2D eigenvalue weighted by Gasteiger charge is 2.47. The second kappa shape index (κ2) is 5.42. The molecule has 18 heavy (non-hydrogen) atoms. The van der Waals surface area contributed by atoms with Crippen LogP contribution in [0.3, 0.4) is 0 Å². The molecule has 2 N–H and O–H groups in total. The third-order valence-electron chi connectivity index (χ3n) is 4.01. The third kappa shape index (κ3) is 2.35. The Kier molecular flexibility index (Phi) is 3.89. The van der Waals surface area contributed by atoms with Crippen molar-refractivity contribution < 1.29 is 14.7 Å². The smallest absolute Gasteiger partial charge is 0.326 e. The predicted molar refractivity (Wildman–Crippen MR) is 67.2 cm³/mol. The number of aliphatic carboxylic acids is 1. The number of nitrogens with zero attached hydrogens (tertiary/aromatic N) is 1. The number of likely N-dealkylation sites (tertiary alicyclic amines) is 1. The first-order valence-corrected chi connectivity index (χ1v) is 6.55. The lowest BCUT2D eigenvalue weighted by Gasteiger charge is -2.32. The van der Waals surface area contributed by atoms with E-state index in [0.717, 1.165) is 25.7 Å². The van der Waals surface area contributed by atoms with Gasteiger partial charge in [0.25, 0.3) is 0 Å². The Morgan fingerprint density at radius 1 is 1.39 bits per heavy atom. The van der Waals surface area contributed by atoms with Gasteiger partial charge in [0.15, 0.2) is 0 Å². The van der Waals surface area contributed by atoms with Crippen LogP contribution in [0, 0.1) is 5.92 Å². The van der Waals surface area contributed by atoms with Crippen molar-refractivity contribution in [1.29, 1.82) is 0 Å². The molecule has 3 atom stereocenters. The fourth-order valence-electron chi connectivity index (χ4n) is 3.22. The van der Waals surface area contributed by atoms with Crippen molar-refractivity contribution in [2.45, 2.75) is 44.2 Å². The number of hydrogen-bond acceptors (Lipinski definition) is 2. The maximum absolute atomic E-state index is 12.1. The molecule has 0 bridgehead atoms. The van der Waals surface area contributed by atoms with Crippen LogP contribution in [0.2, 0.25) is 0 Å². The molecular formula is C13H20N2O3. The molecular weight excluding hydrogens is 232 g/mol. The van der Waals surface area contributed by atoms with Gasteiger partial charge in [-0.2, -0.15) is 0 Å². The van der Waals surface area contributed by atoms with Crippen molar-refractivity contribution in [3.05, 3.63) is 12.7 Å². The van der Waals surface area contributed by atoms with E-state index in [2.05, 4.69) is 11.9 Å². The molecule has 5 heteroatoms. The Hall–Kier alpha value is -1.52. The lowest BCUT2D eigenvalue weighted by molar-refractivity contribution is -0.141. The monoisotopic (exact) mass is 252 g/mol. The van der Waals surface area contributed by atoms with Crippen LogP contribution in [0.25, 0.3) is 0 Å². The zero-order valence-corrected chi connectivity index (χ0v) is 10.5. The highest BCUT2D eigenvalue weighted by Crippen LogP contribution is 2.39. The quantitative estimate of drug-likeness (QED) is 0.749. The van der Waals surface area contributed by atoms with Crippen molar-refractivity contribution in [2.75, 3.05) is 6.54 Å². The fourth-order valence-corrected chi connectivity index (χ4v) is 3.22.